The quantitative estimate of drug-likeness (QED) is 0.830. The van der Waals surface area contributed by atoms with Crippen molar-refractivity contribution in [2.24, 2.45) is 0 Å². The summed E-state index contributed by atoms with van der Waals surface area (Å²) in [7, 11) is 0. The van der Waals surface area contributed by atoms with Gasteiger partial charge >= 0.3 is 0 Å². The van der Waals surface area contributed by atoms with Crippen LogP contribution in [0.2, 0.25) is 0 Å². The van der Waals surface area contributed by atoms with Crippen molar-refractivity contribution in [1.29, 1.82) is 5.26 Å². The van der Waals surface area contributed by atoms with Crippen LogP contribution < -0.4 is 10.1 Å². The predicted octanol–water partition coefficient (Wildman–Crippen LogP) is 2.16. The van der Waals surface area contributed by atoms with Crippen molar-refractivity contribution in [3.63, 3.8) is 0 Å². The average molecular weight is 256 g/mol. The highest BCUT2D eigenvalue weighted by molar-refractivity contribution is 5.33. The van der Waals surface area contributed by atoms with Crippen LogP contribution >= 0.6 is 0 Å². The second kappa shape index (κ2) is 6.57. The third-order valence-corrected chi connectivity index (χ3v) is 2.79. The van der Waals surface area contributed by atoms with Gasteiger partial charge in [-0.15, -0.1) is 0 Å². The molecule has 5 heteroatoms. The zero-order valence-corrected chi connectivity index (χ0v) is 10.8. The molecule has 0 spiro atoms. The first-order valence-corrected chi connectivity index (χ1v) is 6.11. The van der Waals surface area contributed by atoms with Crippen LogP contribution in [0.3, 0.4) is 0 Å². The Labute approximate surface area is 112 Å². The molecule has 1 heterocycles. The van der Waals surface area contributed by atoms with Gasteiger partial charge in [-0.25, -0.2) is 4.98 Å². The van der Waals surface area contributed by atoms with E-state index in [0.29, 0.717) is 6.54 Å². The smallest absolute Gasteiger partial charge is 0.174 e. The van der Waals surface area contributed by atoms with E-state index in [2.05, 4.69) is 15.3 Å². The lowest BCUT2D eigenvalue weighted by Gasteiger charge is -2.13. The summed E-state index contributed by atoms with van der Waals surface area (Å²) in [5.74, 6) is 1.64. The highest BCUT2D eigenvalue weighted by atomic mass is 16.5. The third kappa shape index (κ3) is 3.57. The van der Waals surface area contributed by atoms with Crippen LogP contribution in [0.1, 0.15) is 24.4 Å². The molecule has 0 aliphatic carbocycles. The minimum absolute atomic E-state index is 0.0603. The first-order chi connectivity index (χ1) is 9.31. The topological polar surface area (TPSA) is 73.7 Å². The minimum Gasteiger partial charge on any atom is -0.478 e. The first kappa shape index (κ1) is 13.1. The fraction of sp³-hybridized carbons (Fsp3) is 0.286. The monoisotopic (exact) mass is 256 g/mol. The molecule has 1 aromatic heterocycles. The number of imidazole rings is 1. The standard InChI is InChI=1S/C14H16N4O/c1-11(14-16-7-8-17-14)18-10-12-4-2-3-5-13(12)19-9-6-15/h2-5,7-8,11,18H,9-10H2,1H3,(H,16,17). The summed E-state index contributed by atoms with van der Waals surface area (Å²) in [5, 5.41) is 11.9. The predicted molar refractivity (Wildman–Crippen MR) is 71.4 cm³/mol. The lowest BCUT2D eigenvalue weighted by atomic mass is 10.2. The van der Waals surface area contributed by atoms with Crippen LogP contribution in [0.15, 0.2) is 36.7 Å². The van der Waals surface area contributed by atoms with Crippen molar-refractivity contribution in [3.8, 4) is 11.8 Å². The Morgan fingerprint density at radius 1 is 1.47 bits per heavy atom. The fourth-order valence-electron chi connectivity index (χ4n) is 1.77. The summed E-state index contributed by atoms with van der Waals surface area (Å²) in [4.78, 5) is 7.28. The molecular formula is C14H16N4O. The fourth-order valence-corrected chi connectivity index (χ4v) is 1.77. The van der Waals surface area contributed by atoms with E-state index in [1.54, 1.807) is 12.4 Å². The van der Waals surface area contributed by atoms with E-state index < -0.39 is 0 Å². The van der Waals surface area contributed by atoms with Gasteiger partial charge in [-0.3, -0.25) is 0 Å². The number of H-pyrrole nitrogens is 1. The van der Waals surface area contributed by atoms with Crippen LogP contribution in [0, 0.1) is 11.3 Å². The zero-order chi connectivity index (χ0) is 13.5. The molecule has 0 aliphatic rings. The van der Waals surface area contributed by atoms with Gasteiger partial charge in [0.2, 0.25) is 0 Å². The second-order valence-corrected chi connectivity index (χ2v) is 4.13. The number of rotatable bonds is 6. The lowest BCUT2D eigenvalue weighted by Crippen LogP contribution is -2.19. The second-order valence-electron chi connectivity index (χ2n) is 4.13. The summed E-state index contributed by atoms with van der Waals surface area (Å²) in [5.41, 5.74) is 1.02. The van der Waals surface area contributed by atoms with Crippen LogP contribution in [-0.4, -0.2) is 16.6 Å². The van der Waals surface area contributed by atoms with Crippen LogP contribution in [0.5, 0.6) is 5.75 Å². The minimum atomic E-state index is 0.0603. The van der Waals surface area contributed by atoms with Gasteiger partial charge in [-0.05, 0) is 13.0 Å². The van der Waals surface area contributed by atoms with Gasteiger partial charge in [0.15, 0.2) is 6.61 Å². The van der Waals surface area contributed by atoms with Gasteiger partial charge in [0.25, 0.3) is 0 Å². The van der Waals surface area contributed by atoms with E-state index in [1.165, 1.54) is 0 Å². The average Bonchev–Trinajstić information content (AvgIpc) is 2.97. The highest BCUT2D eigenvalue weighted by Gasteiger charge is 2.08. The van der Waals surface area contributed by atoms with Crippen molar-refractivity contribution < 1.29 is 4.74 Å². The number of aromatic nitrogens is 2. The maximum absolute atomic E-state index is 8.56. The van der Waals surface area contributed by atoms with Crippen LogP contribution in [0.25, 0.3) is 0 Å². The van der Waals surface area contributed by atoms with Gasteiger partial charge in [0, 0.05) is 24.5 Å². The Bertz CT molecular complexity index is 545. The number of nitrogens with zero attached hydrogens (tertiary/aromatic N) is 2. The Morgan fingerprint density at radius 2 is 2.32 bits per heavy atom. The molecule has 0 bridgehead atoms. The van der Waals surface area contributed by atoms with Crippen molar-refractivity contribution in [2.75, 3.05) is 6.61 Å². The molecule has 1 atom stereocenters. The Morgan fingerprint density at radius 3 is 3.05 bits per heavy atom. The maximum Gasteiger partial charge on any atom is 0.174 e. The third-order valence-electron chi connectivity index (χ3n) is 2.79. The molecule has 1 aromatic carbocycles. The molecule has 0 saturated heterocycles. The first-order valence-electron chi connectivity index (χ1n) is 6.11. The lowest BCUT2D eigenvalue weighted by molar-refractivity contribution is 0.361. The van der Waals surface area contributed by atoms with Crippen molar-refractivity contribution in [3.05, 3.63) is 48.0 Å². The van der Waals surface area contributed by atoms with Crippen LogP contribution in [0.4, 0.5) is 0 Å². The molecule has 19 heavy (non-hydrogen) atoms. The molecule has 2 rings (SSSR count). The molecule has 0 amide bonds. The number of hydrogen-bond acceptors (Lipinski definition) is 4. The molecule has 0 fully saturated rings. The molecule has 98 valence electrons. The van der Waals surface area contributed by atoms with E-state index in [4.69, 9.17) is 10.00 Å². The molecule has 5 nitrogen and oxygen atoms in total. The highest BCUT2D eigenvalue weighted by Crippen LogP contribution is 2.18. The van der Waals surface area contributed by atoms with Crippen molar-refractivity contribution in [2.45, 2.75) is 19.5 Å². The molecular weight excluding hydrogens is 240 g/mol. The Balaban J connectivity index is 1.97. The van der Waals surface area contributed by atoms with E-state index in [0.717, 1.165) is 17.1 Å². The number of ether oxygens (including phenoxy) is 1. The Kier molecular flexibility index (Phi) is 4.54. The number of para-hydroxylation sites is 1. The number of aromatic amines is 1. The number of hydrogen-bond donors (Lipinski definition) is 2. The molecule has 0 saturated carbocycles. The molecule has 2 aromatic rings. The van der Waals surface area contributed by atoms with Crippen molar-refractivity contribution in [1.82, 2.24) is 15.3 Å². The van der Waals surface area contributed by atoms with E-state index in [9.17, 15) is 0 Å². The summed E-state index contributed by atoms with van der Waals surface area (Å²) in [6.07, 6.45) is 3.54. The molecule has 0 aliphatic heterocycles. The van der Waals surface area contributed by atoms with Gasteiger partial charge in [0.05, 0.1) is 6.04 Å². The summed E-state index contributed by atoms with van der Waals surface area (Å²) in [6, 6.07) is 9.79. The number of benzene rings is 1. The Hall–Kier alpha value is -2.32. The largest absolute Gasteiger partial charge is 0.478 e. The number of nitrogens with one attached hydrogen (secondary N) is 2. The maximum atomic E-state index is 8.56. The molecule has 2 N–H and O–H groups in total. The SMILES string of the molecule is CC(NCc1ccccc1OCC#N)c1ncc[nH]1. The van der Waals surface area contributed by atoms with Crippen LogP contribution in [-0.2, 0) is 6.54 Å². The van der Waals surface area contributed by atoms with Gasteiger partial charge < -0.3 is 15.0 Å². The zero-order valence-electron chi connectivity index (χ0n) is 10.8. The normalized spacial score (nSPS) is 11.8. The summed E-state index contributed by atoms with van der Waals surface area (Å²) >= 11 is 0. The van der Waals surface area contributed by atoms with Crippen molar-refractivity contribution >= 4 is 0 Å². The van der Waals surface area contributed by atoms with Gasteiger partial charge in [-0.1, -0.05) is 18.2 Å². The molecule has 0 radical (unpaired) electrons. The molecule has 1 unspecified atom stereocenters. The van der Waals surface area contributed by atoms with E-state index in [1.807, 2.05) is 37.3 Å². The summed E-state index contributed by atoms with van der Waals surface area (Å²) in [6.45, 7) is 2.76. The van der Waals surface area contributed by atoms with Gasteiger partial charge in [0.1, 0.15) is 17.6 Å². The summed E-state index contributed by atoms with van der Waals surface area (Å²) < 4.78 is 5.38. The number of nitriles is 1. The van der Waals surface area contributed by atoms with Gasteiger partial charge in [-0.2, -0.15) is 5.26 Å². The van der Waals surface area contributed by atoms with E-state index in [-0.39, 0.29) is 12.6 Å². The van der Waals surface area contributed by atoms with E-state index >= 15 is 0 Å².